The summed E-state index contributed by atoms with van der Waals surface area (Å²) in [5, 5.41) is 6.48. The van der Waals surface area contributed by atoms with Crippen molar-refractivity contribution in [3.05, 3.63) is 29.1 Å². The lowest BCUT2D eigenvalue weighted by Crippen LogP contribution is -2.57. The van der Waals surface area contributed by atoms with Crippen LogP contribution in [0.4, 0.5) is 14.9 Å². The topological polar surface area (TPSA) is 67.9 Å². The van der Waals surface area contributed by atoms with Gasteiger partial charge in [0.15, 0.2) is 0 Å². The number of likely N-dealkylation sites (N-methyl/N-ethyl adjacent to an activating group) is 1. The van der Waals surface area contributed by atoms with Gasteiger partial charge < -0.3 is 20.4 Å². The summed E-state index contributed by atoms with van der Waals surface area (Å²) in [5.41, 5.74) is 2.37. The van der Waals surface area contributed by atoms with Crippen LogP contribution in [0.5, 0.6) is 0 Å². The summed E-state index contributed by atoms with van der Waals surface area (Å²) in [6, 6.07) is 3.84. The number of halogens is 1. The highest BCUT2D eigenvalue weighted by molar-refractivity contribution is 5.88. The standard InChI is InChI=1S/C23H32FN5O2/c1-14-6-7-19(24)18-11-20(26-21(14)18)22(30)25-15-4-3-5-16(10-15)28-8-9-29-17(13-28)12-27(2)23(29)31/h6-7,15-17,20,26H,3-5,8-13H2,1-2H3,(H,25,30)/t15-,16-,17+,20?/m1/s1. The largest absolute Gasteiger partial charge is 0.373 e. The maximum Gasteiger partial charge on any atom is 0.320 e. The van der Waals surface area contributed by atoms with Crippen molar-refractivity contribution < 1.29 is 14.0 Å². The summed E-state index contributed by atoms with van der Waals surface area (Å²) < 4.78 is 14.2. The van der Waals surface area contributed by atoms with Crippen LogP contribution < -0.4 is 10.6 Å². The highest BCUT2D eigenvalue weighted by atomic mass is 19.1. The molecule has 3 aliphatic heterocycles. The highest BCUT2D eigenvalue weighted by Gasteiger charge is 2.41. The summed E-state index contributed by atoms with van der Waals surface area (Å²) in [5.74, 6) is -0.273. The Morgan fingerprint density at radius 2 is 2.03 bits per heavy atom. The highest BCUT2D eigenvalue weighted by Crippen LogP contribution is 2.32. The van der Waals surface area contributed by atoms with Gasteiger partial charge in [-0.25, -0.2) is 9.18 Å². The number of aryl methyl sites for hydroxylation is 1. The van der Waals surface area contributed by atoms with E-state index in [1.165, 1.54) is 6.07 Å². The molecular formula is C23H32FN5O2. The van der Waals surface area contributed by atoms with Crippen LogP contribution in [-0.4, -0.2) is 84.0 Å². The predicted molar refractivity (Wildman–Crippen MR) is 117 cm³/mol. The molecule has 0 aromatic heterocycles. The smallest absolute Gasteiger partial charge is 0.320 e. The lowest BCUT2D eigenvalue weighted by molar-refractivity contribution is -0.122. The second-order valence-electron chi connectivity index (χ2n) is 9.65. The van der Waals surface area contributed by atoms with E-state index >= 15 is 0 Å². The maximum atomic E-state index is 14.2. The Labute approximate surface area is 182 Å². The second-order valence-corrected chi connectivity index (χ2v) is 9.65. The van der Waals surface area contributed by atoms with E-state index in [1.807, 2.05) is 23.8 Å². The van der Waals surface area contributed by atoms with Crippen molar-refractivity contribution in [2.75, 3.05) is 38.5 Å². The molecule has 2 N–H and O–H groups in total. The number of carbonyl (C=O) groups excluding carboxylic acids is 2. The molecule has 168 valence electrons. The molecule has 1 aromatic carbocycles. The Morgan fingerprint density at radius 3 is 2.84 bits per heavy atom. The average Bonchev–Trinajstić information content (AvgIpc) is 3.34. The first-order chi connectivity index (χ1) is 14.9. The summed E-state index contributed by atoms with van der Waals surface area (Å²) in [6.07, 6.45) is 4.55. The van der Waals surface area contributed by atoms with E-state index in [2.05, 4.69) is 15.5 Å². The average molecular weight is 430 g/mol. The van der Waals surface area contributed by atoms with Gasteiger partial charge in [0.1, 0.15) is 11.9 Å². The van der Waals surface area contributed by atoms with E-state index in [0.29, 0.717) is 18.0 Å². The van der Waals surface area contributed by atoms with Gasteiger partial charge in [0, 0.05) is 63.0 Å². The minimum atomic E-state index is -0.408. The maximum absolute atomic E-state index is 14.2. The Balaban J connectivity index is 1.17. The van der Waals surface area contributed by atoms with Crippen molar-refractivity contribution in [1.29, 1.82) is 0 Å². The van der Waals surface area contributed by atoms with Gasteiger partial charge >= 0.3 is 6.03 Å². The SMILES string of the molecule is Cc1ccc(F)c2c1NC(C(=O)N[C@@H]1CCC[C@@H](N3CCN4C(=O)N(C)C[C@H]4C3)C1)C2. The third-order valence-corrected chi connectivity index (χ3v) is 7.59. The fraction of sp³-hybridized carbons (Fsp3) is 0.652. The van der Waals surface area contributed by atoms with E-state index in [0.717, 1.165) is 63.1 Å². The number of fused-ring (bicyclic) bond motifs is 2. The van der Waals surface area contributed by atoms with Gasteiger partial charge in [-0.15, -0.1) is 0 Å². The van der Waals surface area contributed by atoms with Gasteiger partial charge in [-0.3, -0.25) is 9.69 Å². The molecule has 3 fully saturated rings. The van der Waals surface area contributed by atoms with Crippen molar-refractivity contribution in [2.45, 2.75) is 63.2 Å². The molecule has 3 heterocycles. The monoisotopic (exact) mass is 429 g/mol. The lowest BCUT2D eigenvalue weighted by Gasteiger charge is -2.43. The number of urea groups is 1. The fourth-order valence-corrected chi connectivity index (χ4v) is 5.89. The summed E-state index contributed by atoms with van der Waals surface area (Å²) in [6.45, 7) is 5.34. The van der Waals surface area contributed by atoms with Crippen LogP contribution in [0.15, 0.2) is 12.1 Å². The Hall–Kier alpha value is -2.35. The van der Waals surface area contributed by atoms with Crippen LogP contribution in [0, 0.1) is 12.7 Å². The first-order valence-corrected chi connectivity index (χ1v) is 11.5. The first-order valence-electron chi connectivity index (χ1n) is 11.5. The molecule has 1 aromatic rings. The van der Waals surface area contributed by atoms with Crippen molar-refractivity contribution in [3.8, 4) is 0 Å². The number of nitrogens with one attached hydrogen (secondary N) is 2. The van der Waals surface area contributed by atoms with E-state index in [9.17, 15) is 14.0 Å². The fourth-order valence-electron chi connectivity index (χ4n) is 5.89. The molecule has 1 unspecified atom stereocenters. The number of hydrogen-bond donors (Lipinski definition) is 2. The van der Waals surface area contributed by atoms with Gasteiger partial charge in [0.05, 0.1) is 6.04 Å². The Kier molecular flexibility index (Phi) is 5.28. The molecular weight excluding hydrogens is 397 g/mol. The Morgan fingerprint density at radius 1 is 1.19 bits per heavy atom. The van der Waals surface area contributed by atoms with E-state index in [4.69, 9.17) is 0 Å². The van der Waals surface area contributed by atoms with Crippen LogP contribution in [0.2, 0.25) is 0 Å². The van der Waals surface area contributed by atoms with E-state index in [1.54, 1.807) is 6.07 Å². The van der Waals surface area contributed by atoms with Crippen LogP contribution in [0.3, 0.4) is 0 Å². The second kappa shape index (κ2) is 7.97. The van der Waals surface area contributed by atoms with Crippen molar-refractivity contribution >= 4 is 17.6 Å². The lowest BCUT2D eigenvalue weighted by atomic mass is 9.89. The van der Waals surface area contributed by atoms with Gasteiger partial charge in [-0.05, 0) is 44.2 Å². The number of benzene rings is 1. The minimum absolute atomic E-state index is 0.0338. The van der Waals surface area contributed by atoms with Crippen LogP contribution in [0.25, 0.3) is 0 Å². The molecule has 0 bridgehead atoms. The molecule has 4 aliphatic rings. The Bertz CT molecular complexity index is 862. The number of piperazine rings is 1. The quantitative estimate of drug-likeness (QED) is 0.771. The number of rotatable bonds is 3. The van der Waals surface area contributed by atoms with Gasteiger partial charge in [0.25, 0.3) is 0 Å². The predicted octanol–water partition coefficient (Wildman–Crippen LogP) is 1.95. The molecule has 0 radical (unpaired) electrons. The number of hydrogen-bond acceptors (Lipinski definition) is 4. The van der Waals surface area contributed by atoms with Gasteiger partial charge in [-0.1, -0.05) is 6.07 Å². The molecule has 1 saturated carbocycles. The van der Waals surface area contributed by atoms with Crippen LogP contribution in [0.1, 0.15) is 36.8 Å². The zero-order valence-corrected chi connectivity index (χ0v) is 18.4. The molecule has 1 aliphatic carbocycles. The normalized spacial score (nSPS) is 30.7. The molecule has 7 nitrogen and oxygen atoms in total. The minimum Gasteiger partial charge on any atom is -0.373 e. The van der Waals surface area contributed by atoms with Crippen molar-refractivity contribution in [3.63, 3.8) is 0 Å². The number of amides is 3. The summed E-state index contributed by atoms with van der Waals surface area (Å²) in [7, 11) is 1.87. The molecule has 0 spiro atoms. The molecule has 4 atom stereocenters. The molecule has 3 amide bonds. The van der Waals surface area contributed by atoms with Gasteiger partial charge in [0.2, 0.25) is 5.91 Å². The van der Waals surface area contributed by atoms with Crippen molar-refractivity contribution in [1.82, 2.24) is 20.0 Å². The number of carbonyl (C=O) groups is 2. The van der Waals surface area contributed by atoms with Crippen LogP contribution >= 0.6 is 0 Å². The molecule has 2 saturated heterocycles. The number of anilines is 1. The van der Waals surface area contributed by atoms with E-state index in [-0.39, 0.29) is 29.8 Å². The third-order valence-electron chi connectivity index (χ3n) is 7.59. The summed E-state index contributed by atoms with van der Waals surface area (Å²) in [4.78, 5) is 31.5. The zero-order chi connectivity index (χ0) is 21.7. The van der Waals surface area contributed by atoms with Crippen molar-refractivity contribution in [2.24, 2.45) is 0 Å². The third kappa shape index (κ3) is 3.75. The molecule has 31 heavy (non-hydrogen) atoms. The number of nitrogens with zero attached hydrogens (tertiary/aromatic N) is 3. The molecule has 8 heteroatoms. The summed E-state index contributed by atoms with van der Waals surface area (Å²) >= 11 is 0. The zero-order valence-electron chi connectivity index (χ0n) is 18.4. The first kappa shape index (κ1) is 20.5. The van der Waals surface area contributed by atoms with Gasteiger partial charge in [-0.2, -0.15) is 0 Å². The van der Waals surface area contributed by atoms with Crippen LogP contribution in [-0.2, 0) is 11.2 Å². The van der Waals surface area contributed by atoms with E-state index < -0.39 is 6.04 Å². The molecule has 5 rings (SSSR count).